The number of fused-ring (bicyclic) bond motifs is 1. The number of amides is 1. The van der Waals surface area contributed by atoms with Crippen molar-refractivity contribution in [2.45, 2.75) is 71.1 Å². The Labute approximate surface area is 173 Å². The minimum absolute atomic E-state index is 0.00566. The summed E-state index contributed by atoms with van der Waals surface area (Å²) in [5.41, 5.74) is 2.02. The highest BCUT2D eigenvalue weighted by Crippen LogP contribution is 2.34. The summed E-state index contributed by atoms with van der Waals surface area (Å²) in [6, 6.07) is 0. The fraction of sp³-hybridized carbons (Fsp3) is 0.762. The van der Waals surface area contributed by atoms with E-state index in [1.807, 2.05) is 11.8 Å². The van der Waals surface area contributed by atoms with Gasteiger partial charge in [0.15, 0.2) is 0 Å². The zero-order chi connectivity index (χ0) is 20.6. The third kappa shape index (κ3) is 4.19. The van der Waals surface area contributed by atoms with Crippen molar-refractivity contribution in [3.8, 4) is 0 Å². The van der Waals surface area contributed by atoms with Gasteiger partial charge in [0.1, 0.15) is 11.6 Å². The molecule has 1 aromatic heterocycles. The molecule has 8 heteroatoms. The molecule has 7 nitrogen and oxygen atoms in total. The second kappa shape index (κ2) is 8.30. The molecule has 0 bridgehead atoms. The van der Waals surface area contributed by atoms with Crippen molar-refractivity contribution in [1.29, 1.82) is 0 Å². The second-order valence-electron chi connectivity index (χ2n) is 8.72. The van der Waals surface area contributed by atoms with E-state index in [1.54, 1.807) is 11.2 Å². The second-order valence-corrected chi connectivity index (χ2v) is 11.0. The number of carbonyl (C=O) groups excluding carboxylic acids is 1. The van der Waals surface area contributed by atoms with Gasteiger partial charge in [0.25, 0.3) is 0 Å². The maximum Gasteiger partial charge on any atom is 0.228 e. The number of rotatable bonds is 5. The lowest BCUT2D eigenvalue weighted by molar-refractivity contribution is -0.119. The summed E-state index contributed by atoms with van der Waals surface area (Å²) in [5, 5.41) is 0. The first kappa shape index (κ1) is 20.7. The summed E-state index contributed by atoms with van der Waals surface area (Å²) in [4.78, 5) is 24.3. The van der Waals surface area contributed by atoms with Crippen molar-refractivity contribution < 1.29 is 13.2 Å². The molecule has 1 atom stereocenters. The normalized spacial score (nSPS) is 24.1. The Morgan fingerprint density at radius 1 is 1.07 bits per heavy atom. The van der Waals surface area contributed by atoms with Crippen LogP contribution in [0.3, 0.4) is 0 Å². The average molecular weight is 421 g/mol. The van der Waals surface area contributed by atoms with Gasteiger partial charge < -0.3 is 0 Å². The molecule has 2 aliphatic heterocycles. The molecule has 3 aliphatic rings. The van der Waals surface area contributed by atoms with Crippen LogP contribution < -0.4 is 4.90 Å². The zero-order valence-corrected chi connectivity index (χ0v) is 18.4. The maximum absolute atomic E-state index is 12.8. The number of hydrogen-bond acceptors (Lipinski definition) is 5. The minimum Gasteiger partial charge on any atom is -0.296 e. The number of nitrogens with zero attached hydrogens (tertiary/aromatic N) is 4. The summed E-state index contributed by atoms with van der Waals surface area (Å²) < 4.78 is 26.0. The first-order valence-electron chi connectivity index (χ1n) is 11.0. The minimum atomic E-state index is -3.19. The molecule has 3 heterocycles. The van der Waals surface area contributed by atoms with Gasteiger partial charge in [0, 0.05) is 43.2 Å². The van der Waals surface area contributed by atoms with Crippen molar-refractivity contribution in [3.63, 3.8) is 0 Å². The van der Waals surface area contributed by atoms with Crippen LogP contribution in [0.4, 0.5) is 5.82 Å². The zero-order valence-electron chi connectivity index (χ0n) is 17.6. The van der Waals surface area contributed by atoms with E-state index in [-0.39, 0.29) is 17.6 Å². The first-order valence-corrected chi connectivity index (χ1v) is 12.7. The van der Waals surface area contributed by atoms with Crippen molar-refractivity contribution in [1.82, 2.24) is 14.3 Å². The number of sulfonamides is 1. The van der Waals surface area contributed by atoms with Gasteiger partial charge in [-0.05, 0) is 45.4 Å². The molecule has 29 heavy (non-hydrogen) atoms. The molecule has 4 rings (SSSR count). The van der Waals surface area contributed by atoms with Gasteiger partial charge in [-0.15, -0.1) is 0 Å². The van der Waals surface area contributed by atoms with Crippen LogP contribution in [0.2, 0.25) is 0 Å². The fourth-order valence-electron chi connectivity index (χ4n) is 4.98. The highest BCUT2D eigenvalue weighted by molar-refractivity contribution is 7.89. The predicted molar refractivity (Wildman–Crippen MR) is 112 cm³/mol. The number of aromatic nitrogens is 2. The molecule has 1 saturated heterocycles. The molecule has 1 amide bonds. The summed E-state index contributed by atoms with van der Waals surface area (Å²) in [7, 11) is -3.19. The van der Waals surface area contributed by atoms with Gasteiger partial charge in [-0.3, -0.25) is 9.69 Å². The Hall–Kier alpha value is -1.54. The molecule has 0 aromatic carbocycles. The molecular weight excluding hydrogens is 388 g/mol. The molecule has 0 spiro atoms. The number of aryl methyl sites for hydroxylation is 1. The van der Waals surface area contributed by atoms with Crippen LogP contribution in [0, 0.1) is 12.8 Å². The molecule has 0 unspecified atom stereocenters. The van der Waals surface area contributed by atoms with Gasteiger partial charge in [-0.25, -0.2) is 22.7 Å². The highest BCUT2D eigenvalue weighted by atomic mass is 32.2. The van der Waals surface area contributed by atoms with E-state index < -0.39 is 10.0 Å². The SMILES string of the molecule is CCS(=O)(=O)N1CC[C@@H](c2nc(C)c3c(n2)N(CC2CCCCC2)C(=O)CC3)C1. The number of anilines is 1. The molecule has 1 saturated carbocycles. The van der Waals surface area contributed by atoms with E-state index in [0.717, 1.165) is 30.0 Å². The molecule has 2 fully saturated rings. The quantitative estimate of drug-likeness (QED) is 0.731. The summed E-state index contributed by atoms with van der Waals surface area (Å²) in [5.74, 6) is 2.30. The molecule has 0 N–H and O–H groups in total. The number of hydrogen-bond donors (Lipinski definition) is 0. The Morgan fingerprint density at radius 3 is 2.55 bits per heavy atom. The summed E-state index contributed by atoms with van der Waals surface area (Å²) in [6.45, 7) is 5.38. The molecular formula is C21H32N4O3S. The van der Waals surface area contributed by atoms with Gasteiger partial charge in [0.2, 0.25) is 15.9 Å². The third-order valence-electron chi connectivity index (χ3n) is 6.79. The fourth-order valence-corrected chi connectivity index (χ4v) is 6.13. The van der Waals surface area contributed by atoms with Crippen molar-refractivity contribution in [2.24, 2.45) is 5.92 Å². The van der Waals surface area contributed by atoms with Crippen molar-refractivity contribution in [3.05, 3.63) is 17.1 Å². The lowest BCUT2D eigenvalue weighted by atomic mass is 9.88. The number of carbonyl (C=O) groups is 1. The van der Waals surface area contributed by atoms with Gasteiger partial charge in [-0.2, -0.15) is 0 Å². The van der Waals surface area contributed by atoms with Crippen LogP contribution in [-0.4, -0.2) is 54.0 Å². The Bertz CT molecular complexity index is 880. The predicted octanol–water partition coefficient (Wildman–Crippen LogP) is 2.78. The van der Waals surface area contributed by atoms with Gasteiger partial charge in [0.05, 0.1) is 5.75 Å². The van der Waals surface area contributed by atoms with Crippen LogP contribution in [0.25, 0.3) is 0 Å². The summed E-state index contributed by atoms with van der Waals surface area (Å²) in [6.07, 6.45) is 8.11. The van der Waals surface area contributed by atoms with E-state index in [2.05, 4.69) is 0 Å². The Morgan fingerprint density at radius 2 is 1.83 bits per heavy atom. The van der Waals surface area contributed by atoms with Crippen LogP contribution >= 0.6 is 0 Å². The largest absolute Gasteiger partial charge is 0.296 e. The first-order chi connectivity index (χ1) is 13.9. The van der Waals surface area contributed by atoms with E-state index in [1.165, 1.54) is 32.1 Å². The topological polar surface area (TPSA) is 83.5 Å². The monoisotopic (exact) mass is 420 g/mol. The molecule has 0 radical (unpaired) electrons. The lowest BCUT2D eigenvalue weighted by Crippen LogP contribution is -2.40. The van der Waals surface area contributed by atoms with E-state index in [9.17, 15) is 13.2 Å². The van der Waals surface area contributed by atoms with E-state index in [0.29, 0.717) is 37.7 Å². The third-order valence-corrected chi connectivity index (χ3v) is 8.64. The molecule has 1 aromatic rings. The van der Waals surface area contributed by atoms with Crippen LogP contribution in [0.1, 0.15) is 74.9 Å². The van der Waals surface area contributed by atoms with Crippen molar-refractivity contribution in [2.75, 3.05) is 30.3 Å². The van der Waals surface area contributed by atoms with Crippen LogP contribution in [0.5, 0.6) is 0 Å². The van der Waals surface area contributed by atoms with Crippen molar-refractivity contribution >= 4 is 21.7 Å². The lowest BCUT2D eigenvalue weighted by Gasteiger charge is -2.33. The Kier molecular flexibility index (Phi) is 5.93. The van der Waals surface area contributed by atoms with E-state index >= 15 is 0 Å². The molecule has 1 aliphatic carbocycles. The highest BCUT2D eigenvalue weighted by Gasteiger charge is 2.35. The van der Waals surface area contributed by atoms with Crippen LogP contribution in [0.15, 0.2) is 0 Å². The molecule has 160 valence electrons. The van der Waals surface area contributed by atoms with Gasteiger partial charge in [-0.1, -0.05) is 19.3 Å². The van der Waals surface area contributed by atoms with E-state index in [4.69, 9.17) is 9.97 Å². The average Bonchev–Trinajstić information content (AvgIpc) is 3.22. The van der Waals surface area contributed by atoms with Gasteiger partial charge >= 0.3 is 0 Å². The maximum atomic E-state index is 12.8. The Balaban J connectivity index is 1.60. The standard InChI is InChI=1S/C21H32N4O3S/c1-3-29(27,28)24-12-11-17(14-24)20-22-15(2)18-9-10-19(26)25(21(18)23-20)13-16-7-5-4-6-8-16/h16-17H,3-14H2,1-2H3/t17-/m1/s1. The van der Waals surface area contributed by atoms with Crippen LogP contribution in [-0.2, 0) is 21.2 Å². The summed E-state index contributed by atoms with van der Waals surface area (Å²) >= 11 is 0. The smallest absolute Gasteiger partial charge is 0.228 e.